The third-order valence-electron chi connectivity index (χ3n) is 3.71. The van der Waals surface area contributed by atoms with Crippen LogP contribution in [0, 0.1) is 5.92 Å². The van der Waals surface area contributed by atoms with Crippen LogP contribution in [-0.2, 0) is 4.79 Å². The van der Waals surface area contributed by atoms with Gasteiger partial charge in [0.15, 0.2) is 0 Å². The van der Waals surface area contributed by atoms with E-state index in [0.717, 1.165) is 19.3 Å². The minimum Gasteiger partial charge on any atom is -0.481 e. The number of carbonyl (C=O) groups is 2. The predicted octanol–water partition coefficient (Wildman–Crippen LogP) is 2.07. The van der Waals surface area contributed by atoms with E-state index >= 15 is 0 Å². The van der Waals surface area contributed by atoms with Gasteiger partial charge in [-0.15, -0.1) is 0 Å². The Morgan fingerprint density at radius 1 is 1.39 bits per heavy atom. The van der Waals surface area contributed by atoms with Crippen molar-refractivity contribution in [2.45, 2.75) is 51.5 Å². The molecule has 18 heavy (non-hydrogen) atoms. The molecular weight excluding hydrogens is 232 g/mol. The van der Waals surface area contributed by atoms with E-state index in [9.17, 15) is 9.59 Å². The van der Waals surface area contributed by atoms with Crippen LogP contribution in [-0.4, -0.2) is 41.6 Å². The van der Waals surface area contributed by atoms with Gasteiger partial charge >= 0.3 is 12.0 Å². The van der Waals surface area contributed by atoms with Gasteiger partial charge in [-0.1, -0.05) is 6.92 Å². The van der Waals surface area contributed by atoms with Crippen LogP contribution in [0.15, 0.2) is 0 Å². The minimum atomic E-state index is -0.754. The molecule has 0 heterocycles. The monoisotopic (exact) mass is 256 g/mol. The summed E-state index contributed by atoms with van der Waals surface area (Å²) in [6.45, 7) is 2.64. The van der Waals surface area contributed by atoms with Crippen LogP contribution in [0.5, 0.6) is 0 Å². The number of carboxylic acids is 1. The summed E-state index contributed by atoms with van der Waals surface area (Å²) in [4.78, 5) is 23.9. The molecule has 104 valence electrons. The Bertz CT molecular complexity index is 290. The second-order valence-electron chi connectivity index (χ2n) is 5.25. The molecule has 1 aliphatic rings. The molecule has 5 nitrogen and oxygen atoms in total. The maximum absolute atomic E-state index is 11.7. The Labute approximate surface area is 109 Å². The average Bonchev–Trinajstić information content (AvgIpc) is 2.23. The number of urea groups is 1. The van der Waals surface area contributed by atoms with Gasteiger partial charge < -0.3 is 15.3 Å². The highest BCUT2D eigenvalue weighted by Crippen LogP contribution is 2.23. The number of carboxylic acid groups (broad SMARTS) is 1. The van der Waals surface area contributed by atoms with Crippen molar-refractivity contribution >= 4 is 12.0 Å². The molecule has 0 bridgehead atoms. The van der Waals surface area contributed by atoms with E-state index in [2.05, 4.69) is 5.32 Å². The van der Waals surface area contributed by atoms with Gasteiger partial charge in [0, 0.05) is 26.1 Å². The van der Waals surface area contributed by atoms with Crippen LogP contribution in [0.4, 0.5) is 4.79 Å². The van der Waals surface area contributed by atoms with Crippen molar-refractivity contribution in [1.29, 1.82) is 0 Å². The third kappa shape index (κ3) is 4.94. The summed E-state index contributed by atoms with van der Waals surface area (Å²) in [5.74, 6) is -0.425. The molecule has 0 aliphatic heterocycles. The molecule has 2 amide bonds. The Hall–Kier alpha value is -1.26. The molecule has 5 heteroatoms. The molecule has 0 aromatic rings. The first kappa shape index (κ1) is 14.8. The third-order valence-corrected chi connectivity index (χ3v) is 3.71. The molecule has 0 aromatic carbocycles. The molecular formula is C13H24N2O3. The fourth-order valence-electron chi connectivity index (χ4n) is 2.00. The normalized spacial score (nSPS) is 16.8. The number of aliphatic carboxylic acids is 1. The molecule has 0 spiro atoms. The standard InChI is InChI=1S/C13H24N2O3/c1-10(6-7-12(16)17)8-9-14-13(18)15(2)11-4-3-5-11/h10-11H,3-9H2,1-2H3,(H,14,18)(H,16,17). The Balaban J connectivity index is 2.08. The average molecular weight is 256 g/mol. The van der Waals surface area contributed by atoms with Gasteiger partial charge in [-0.3, -0.25) is 4.79 Å². The first-order valence-electron chi connectivity index (χ1n) is 6.73. The van der Waals surface area contributed by atoms with Gasteiger partial charge in [0.1, 0.15) is 0 Å². The fourth-order valence-corrected chi connectivity index (χ4v) is 2.00. The van der Waals surface area contributed by atoms with Crippen LogP contribution >= 0.6 is 0 Å². The molecule has 0 aromatic heterocycles. The highest BCUT2D eigenvalue weighted by atomic mass is 16.4. The van der Waals surface area contributed by atoms with Crippen LogP contribution in [0.1, 0.15) is 45.4 Å². The lowest BCUT2D eigenvalue weighted by molar-refractivity contribution is -0.137. The van der Waals surface area contributed by atoms with Crippen LogP contribution in [0.25, 0.3) is 0 Å². The quantitative estimate of drug-likeness (QED) is 0.732. The van der Waals surface area contributed by atoms with Crippen molar-refractivity contribution in [3.05, 3.63) is 0 Å². The van der Waals surface area contributed by atoms with E-state index in [1.807, 2.05) is 14.0 Å². The summed E-state index contributed by atoms with van der Waals surface area (Å²) in [7, 11) is 1.84. The number of hydrogen-bond acceptors (Lipinski definition) is 2. The summed E-state index contributed by atoms with van der Waals surface area (Å²) < 4.78 is 0. The number of rotatable bonds is 7. The SMILES string of the molecule is CC(CCNC(=O)N(C)C1CCC1)CCC(=O)O. The van der Waals surface area contributed by atoms with Gasteiger partial charge in [0.05, 0.1) is 0 Å². The van der Waals surface area contributed by atoms with E-state index in [1.54, 1.807) is 4.90 Å². The molecule has 0 saturated heterocycles. The summed E-state index contributed by atoms with van der Waals surface area (Å²) in [6.07, 6.45) is 5.14. The van der Waals surface area contributed by atoms with Crippen molar-refractivity contribution in [1.82, 2.24) is 10.2 Å². The van der Waals surface area contributed by atoms with Gasteiger partial charge in [0.25, 0.3) is 0 Å². The van der Waals surface area contributed by atoms with Crippen molar-refractivity contribution in [3.8, 4) is 0 Å². The number of nitrogens with zero attached hydrogens (tertiary/aromatic N) is 1. The molecule has 1 saturated carbocycles. The molecule has 1 aliphatic carbocycles. The molecule has 2 N–H and O–H groups in total. The second kappa shape index (κ2) is 7.24. The fraction of sp³-hybridized carbons (Fsp3) is 0.846. The predicted molar refractivity (Wildman–Crippen MR) is 69.5 cm³/mol. The van der Waals surface area contributed by atoms with Gasteiger partial charge in [0.2, 0.25) is 0 Å². The number of carbonyl (C=O) groups excluding carboxylic acids is 1. The largest absolute Gasteiger partial charge is 0.481 e. The molecule has 1 unspecified atom stereocenters. The smallest absolute Gasteiger partial charge is 0.317 e. The van der Waals surface area contributed by atoms with Gasteiger partial charge in [-0.05, 0) is 38.0 Å². The van der Waals surface area contributed by atoms with E-state index in [1.165, 1.54) is 6.42 Å². The molecule has 1 fully saturated rings. The van der Waals surface area contributed by atoms with Crippen molar-refractivity contribution in [3.63, 3.8) is 0 Å². The Morgan fingerprint density at radius 2 is 2.06 bits per heavy atom. The van der Waals surface area contributed by atoms with E-state index in [4.69, 9.17) is 5.11 Å². The number of nitrogens with one attached hydrogen (secondary N) is 1. The topological polar surface area (TPSA) is 69.6 Å². The lowest BCUT2D eigenvalue weighted by Crippen LogP contribution is -2.46. The van der Waals surface area contributed by atoms with E-state index < -0.39 is 5.97 Å². The van der Waals surface area contributed by atoms with Crippen molar-refractivity contribution < 1.29 is 14.7 Å². The van der Waals surface area contributed by atoms with Crippen LogP contribution < -0.4 is 5.32 Å². The first-order chi connectivity index (χ1) is 8.50. The molecule has 1 rings (SSSR count). The molecule has 0 radical (unpaired) electrons. The maximum atomic E-state index is 11.7. The van der Waals surface area contributed by atoms with E-state index in [-0.39, 0.29) is 12.5 Å². The summed E-state index contributed by atoms with van der Waals surface area (Å²) in [6, 6.07) is 0.402. The lowest BCUT2D eigenvalue weighted by Gasteiger charge is -2.34. The first-order valence-corrected chi connectivity index (χ1v) is 6.73. The summed E-state index contributed by atoms with van der Waals surface area (Å²) >= 11 is 0. The van der Waals surface area contributed by atoms with Crippen molar-refractivity contribution in [2.24, 2.45) is 5.92 Å². The Morgan fingerprint density at radius 3 is 2.56 bits per heavy atom. The number of hydrogen-bond donors (Lipinski definition) is 2. The Kier molecular flexibility index (Phi) is 5.95. The summed E-state index contributed by atoms with van der Waals surface area (Å²) in [5.41, 5.74) is 0. The maximum Gasteiger partial charge on any atom is 0.317 e. The van der Waals surface area contributed by atoms with Crippen LogP contribution in [0.2, 0.25) is 0 Å². The van der Waals surface area contributed by atoms with Gasteiger partial charge in [-0.25, -0.2) is 4.79 Å². The highest BCUT2D eigenvalue weighted by molar-refractivity contribution is 5.74. The summed E-state index contributed by atoms with van der Waals surface area (Å²) in [5, 5.41) is 11.5. The lowest BCUT2D eigenvalue weighted by atomic mass is 9.92. The molecule has 1 atom stereocenters. The van der Waals surface area contributed by atoms with E-state index in [0.29, 0.717) is 24.9 Å². The zero-order valence-electron chi connectivity index (χ0n) is 11.3. The van der Waals surface area contributed by atoms with Crippen LogP contribution in [0.3, 0.4) is 0 Å². The van der Waals surface area contributed by atoms with Gasteiger partial charge in [-0.2, -0.15) is 0 Å². The zero-order chi connectivity index (χ0) is 13.5. The number of amides is 2. The van der Waals surface area contributed by atoms with Crippen molar-refractivity contribution in [2.75, 3.05) is 13.6 Å². The highest BCUT2D eigenvalue weighted by Gasteiger charge is 2.25. The second-order valence-corrected chi connectivity index (χ2v) is 5.25. The zero-order valence-corrected chi connectivity index (χ0v) is 11.3. The minimum absolute atomic E-state index is 0.00913.